The van der Waals surface area contributed by atoms with Gasteiger partial charge in [0.25, 0.3) is 5.69 Å². The fraction of sp³-hybridized carbons (Fsp3) is 0.400. The summed E-state index contributed by atoms with van der Waals surface area (Å²) in [5.41, 5.74) is 2.17. The van der Waals surface area contributed by atoms with Gasteiger partial charge in [0, 0.05) is 56.1 Å². The number of nitro groups is 1. The van der Waals surface area contributed by atoms with Crippen molar-refractivity contribution in [1.29, 1.82) is 0 Å². The highest BCUT2D eigenvalue weighted by atomic mass is 16.6. The lowest BCUT2D eigenvalue weighted by Crippen LogP contribution is -2.46. The van der Waals surface area contributed by atoms with Gasteiger partial charge < -0.3 is 19.1 Å². The minimum Gasteiger partial charge on any atom is -0.493 e. The summed E-state index contributed by atoms with van der Waals surface area (Å²) in [4.78, 5) is 15.0. The van der Waals surface area contributed by atoms with Crippen molar-refractivity contribution < 1.29 is 19.1 Å². The zero-order chi connectivity index (χ0) is 20.1. The zero-order valence-electron chi connectivity index (χ0n) is 16.4. The highest BCUT2D eigenvalue weighted by Crippen LogP contribution is 2.40. The lowest BCUT2D eigenvalue weighted by Gasteiger charge is -2.36. The average Bonchev–Trinajstić information content (AvgIpc) is 2.73. The van der Waals surface area contributed by atoms with E-state index in [1.54, 1.807) is 33.5 Å². The molecule has 8 heteroatoms. The van der Waals surface area contributed by atoms with Gasteiger partial charge in [-0.3, -0.25) is 15.0 Å². The van der Waals surface area contributed by atoms with Crippen LogP contribution in [0.1, 0.15) is 5.56 Å². The monoisotopic (exact) mass is 387 g/mol. The molecule has 2 aromatic carbocycles. The molecule has 0 bridgehead atoms. The Bertz CT molecular complexity index is 817. The Kier molecular flexibility index (Phi) is 6.20. The SMILES string of the molecule is COc1ccc(CN2CCN(c3ccc([N+](=O)[O-])cc3)CC2)c(OC)c1OC. The molecule has 0 N–H and O–H groups in total. The number of methoxy groups -OCH3 is 3. The Morgan fingerprint density at radius 2 is 1.54 bits per heavy atom. The quantitative estimate of drug-likeness (QED) is 0.534. The first-order valence-corrected chi connectivity index (χ1v) is 9.07. The van der Waals surface area contributed by atoms with Crippen molar-refractivity contribution in [1.82, 2.24) is 4.90 Å². The first-order valence-electron chi connectivity index (χ1n) is 9.07. The van der Waals surface area contributed by atoms with Crippen LogP contribution in [0.4, 0.5) is 11.4 Å². The van der Waals surface area contributed by atoms with Crippen molar-refractivity contribution in [3.05, 3.63) is 52.1 Å². The molecule has 1 fully saturated rings. The summed E-state index contributed by atoms with van der Waals surface area (Å²) in [6.07, 6.45) is 0. The summed E-state index contributed by atoms with van der Waals surface area (Å²) < 4.78 is 16.4. The van der Waals surface area contributed by atoms with E-state index in [4.69, 9.17) is 14.2 Å². The number of non-ortho nitro benzene ring substituents is 1. The Labute approximate surface area is 164 Å². The van der Waals surface area contributed by atoms with Crippen LogP contribution in [-0.4, -0.2) is 57.3 Å². The van der Waals surface area contributed by atoms with Crippen molar-refractivity contribution in [2.45, 2.75) is 6.54 Å². The molecule has 1 aliphatic rings. The van der Waals surface area contributed by atoms with Gasteiger partial charge in [0.05, 0.1) is 26.3 Å². The maximum absolute atomic E-state index is 10.8. The molecule has 0 radical (unpaired) electrons. The number of hydrogen-bond donors (Lipinski definition) is 0. The van der Waals surface area contributed by atoms with Crippen molar-refractivity contribution in [2.75, 3.05) is 52.4 Å². The second-order valence-electron chi connectivity index (χ2n) is 6.53. The molecule has 8 nitrogen and oxygen atoms in total. The average molecular weight is 387 g/mol. The fourth-order valence-electron chi connectivity index (χ4n) is 3.48. The number of nitro benzene ring substituents is 1. The lowest BCUT2D eigenvalue weighted by molar-refractivity contribution is -0.384. The molecule has 0 saturated carbocycles. The van der Waals surface area contributed by atoms with E-state index in [1.807, 2.05) is 24.3 Å². The van der Waals surface area contributed by atoms with E-state index in [-0.39, 0.29) is 10.6 Å². The summed E-state index contributed by atoms with van der Waals surface area (Å²) in [5.74, 6) is 1.94. The molecular weight excluding hydrogens is 362 g/mol. The molecular formula is C20H25N3O5. The first kappa shape index (κ1) is 19.8. The Hall–Kier alpha value is -3.00. The number of piperazine rings is 1. The number of rotatable bonds is 7. The molecule has 0 aromatic heterocycles. The van der Waals surface area contributed by atoms with Crippen LogP contribution in [0.5, 0.6) is 17.2 Å². The second-order valence-corrected chi connectivity index (χ2v) is 6.53. The van der Waals surface area contributed by atoms with Crippen LogP contribution in [0, 0.1) is 10.1 Å². The van der Waals surface area contributed by atoms with Crippen LogP contribution < -0.4 is 19.1 Å². The van der Waals surface area contributed by atoms with Crippen LogP contribution in [0.3, 0.4) is 0 Å². The number of ether oxygens (including phenoxy) is 3. The van der Waals surface area contributed by atoms with E-state index >= 15 is 0 Å². The topological polar surface area (TPSA) is 77.3 Å². The molecule has 0 aliphatic carbocycles. The number of hydrogen-bond acceptors (Lipinski definition) is 7. The summed E-state index contributed by atoms with van der Waals surface area (Å²) in [7, 11) is 4.84. The molecule has 2 aromatic rings. The van der Waals surface area contributed by atoms with Crippen LogP contribution in [-0.2, 0) is 6.54 Å². The normalized spacial score (nSPS) is 14.6. The molecule has 28 heavy (non-hydrogen) atoms. The third-order valence-corrected chi connectivity index (χ3v) is 4.98. The minimum absolute atomic E-state index is 0.114. The summed E-state index contributed by atoms with van der Waals surface area (Å²) in [5, 5.41) is 10.8. The lowest BCUT2D eigenvalue weighted by atomic mass is 10.1. The third kappa shape index (κ3) is 4.12. The standard InChI is InChI=1S/C20H25N3O5/c1-26-18-9-4-15(19(27-2)20(18)28-3)14-21-10-12-22(13-11-21)16-5-7-17(8-6-16)23(24)25/h4-9H,10-14H2,1-3H3. The summed E-state index contributed by atoms with van der Waals surface area (Å²) >= 11 is 0. The van der Waals surface area contributed by atoms with Gasteiger partial charge in [-0.25, -0.2) is 0 Å². The maximum atomic E-state index is 10.8. The van der Waals surface area contributed by atoms with Gasteiger partial charge in [-0.2, -0.15) is 0 Å². The largest absolute Gasteiger partial charge is 0.493 e. The molecule has 3 rings (SSSR count). The molecule has 0 amide bonds. The number of benzene rings is 2. The summed E-state index contributed by atoms with van der Waals surface area (Å²) in [6.45, 7) is 4.22. The molecule has 0 spiro atoms. The first-order chi connectivity index (χ1) is 13.6. The van der Waals surface area contributed by atoms with Crippen LogP contribution in [0.15, 0.2) is 36.4 Å². The fourth-order valence-corrected chi connectivity index (χ4v) is 3.48. The molecule has 1 saturated heterocycles. The van der Waals surface area contributed by atoms with Gasteiger partial charge >= 0.3 is 0 Å². The summed E-state index contributed by atoms with van der Waals surface area (Å²) in [6, 6.07) is 10.6. The van der Waals surface area contributed by atoms with Crippen molar-refractivity contribution in [2.24, 2.45) is 0 Å². The van der Waals surface area contributed by atoms with Crippen molar-refractivity contribution >= 4 is 11.4 Å². The highest BCUT2D eigenvalue weighted by Gasteiger charge is 2.21. The van der Waals surface area contributed by atoms with E-state index < -0.39 is 0 Å². The van der Waals surface area contributed by atoms with E-state index in [0.717, 1.165) is 44.0 Å². The van der Waals surface area contributed by atoms with E-state index in [2.05, 4.69) is 9.80 Å². The predicted octanol–water partition coefficient (Wildman–Crippen LogP) is 2.94. The van der Waals surface area contributed by atoms with Crippen LogP contribution in [0.25, 0.3) is 0 Å². The predicted molar refractivity (Wildman–Crippen MR) is 107 cm³/mol. The van der Waals surface area contributed by atoms with Crippen molar-refractivity contribution in [3.63, 3.8) is 0 Å². The van der Waals surface area contributed by atoms with Gasteiger partial charge in [-0.05, 0) is 18.2 Å². The Balaban J connectivity index is 1.65. The molecule has 0 unspecified atom stereocenters. The smallest absolute Gasteiger partial charge is 0.269 e. The van der Waals surface area contributed by atoms with E-state index in [9.17, 15) is 10.1 Å². The van der Waals surface area contributed by atoms with E-state index in [1.165, 1.54) is 0 Å². The third-order valence-electron chi connectivity index (χ3n) is 4.98. The van der Waals surface area contributed by atoms with Gasteiger partial charge in [0.2, 0.25) is 5.75 Å². The van der Waals surface area contributed by atoms with Crippen LogP contribution in [0.2, 0.25) is 0 Å². The zero-order valence-corrected chi connectivity index (χ0v) is 16.4. The minimum atomic E-state index is -0.377. The van der Waals surface area contributed by atoms with Gasteiger partial charge in [0.15, 0.2) is 11.5 Å². The molecule has 0 atom stereocenters. The number of nitrogens with zero attached hydrogens (tertiary/aromatic N) is 3. The second kappa shape index (κ2) is 8.79. The van der Waals surface area contributed by atoms with Crippen molar-refractivity contribution in [3.8, 4) is 17.2 Å². The molecule has 150 valence electrons. The van der Waals surface area contributed by atoms with Crippen LogP contribution >= 0.6 is 0 Å². The van der Waals surface area contributed by atoms with Gasteiger partial charge in [-0.1, -0.05) is 6.07 Å². The van der Waals surface area contributed by atoms with Gasteiger partial charge in [-0.15, -0.1) is 0 Å². The molecule has 1 heterocycles. The maximum Gasteiger partial charge on any atom is 0.269 e. The highest BCUT2D eigenvalue weighted by molar-refractivity contribution is 5.56. The van der Waals surface area contributed by atoms with E-state index in [0.29, 0.717) is 17.2 Å². The Morgan fingerprint density at radius 3 is 2.07 bits per heavy atom. The molecule has 1 aliphatic heterocycles. The number of anilines is 1. The van der Waals surface area contributed by atoms with Gasteiger partial charge in [0.1, 0.15) is 0 Å². The Morgan fingerprint density at radius 1 is 0.893 bits per heavy atom.